The van der Waals surface area contributed by atoms with Crippen molar-refractivity contribution in [2.75, 3.05) is 26.8 Å². The summed E-state index contributed by atoms with van der Waals surface area (Å²) in [6, 6.07) is 13.1. The first-order valence-electron chi connectivity index (χ1n) is 9.36. The van der Waals surface area contributed by atoms with E-state index >= 15 is 0 Å². The summed E-state index contributed by atoms with van der Waals surface area (Å²) in [7, 11) is 1.74. The molecule has 0 unspecified atom stereocenters. The van der Waals surface area contributed by atoms with Gasteiger partial charge in [-0.05, 0) is 44.2 Å². The van der Waals surface area contributed by atoms with Crippen LogP contribution in [0.25, 0.3) is 11.0 Å². The number of para-hydroxylation sites is 2. The van der Waals surface area contributed by atoms with Crippen LogP contribution >= 0.6 is 0 Å². The van der Waals surface area contributed by atoms with E-state index in [2.05, 4.69) is 0 Å². The van der Waals surface area contributed by atoms with Crippen LogP contribution in [0, 0.1) is 6.92 Å². The number of hydrogen-bond acceptors (Lipinski definition) is 5. The maximum atomic E-state index is 13.0. The topological polar surface area (TPSA) is 61.1 Å². The molecule has 4 rings (SSSR count). The molecule has 0 saturated carbocycles. The first-order chi connectivity index (χ1) is 13.6. The summed E-state index contributed by atoms with van der Waals surface area (Å²) in [5, 5.41) is 0.883. The van der Waals surface area contributed by atoms with Crippen molar-refractivity contribution in [2.24, 2.45) is 0 Å². The van der Waals surface area contributed by atoms with E-state index in [-0.39, 0.29) is 12.0 Å². The molecule has 0 saturated heterocycles. The maximum absolute atomic E-state index is 13.0. The van der Waals surface area contributed by atoms with Crippen molar-refractivity contribution in [2.45, 2.75) is 20.0 Å². The third kappa shape index (κ3) is 3.38. The lowest BCUT2D eigenvalue weighted by Gasteiger charge is -2.29. The highest BCUT2D eigenvalue weighted by molar-refractivity contribution is 5.99. The number of carbonyl (C=O) groups excluding carboxylic acids is 1. The van der Waals surface area contributed by atoms with Crippen LogP contribution in [-0.2, 0) is 0 Å². The quantitative estimate of drug-likeness (QED) is 0.667. The van der Waals surface area contributed by atoms with Crippen LogP contribution in [-0.4, -0.2) is 43.7 Å². The van der Waals surface area contributed by atoms with Gasteiger partial charge in [0.2, 0.25) is 0 Å². The van der Waals surface area contributed by atoms with Crippen LogP contribution in [0.15, 0.2) is 46.9 Å². The second kappa shape index (κ2) is 7.46. The lowest BCUT2D eigenvalue weighted by molar-refractivity contribution is 0.0502. The van der Waals surface area contributed by atoms with Gasteiger partial charge in [-0.15, -0.1) is 0 Å². The minimum Gasteiger partial charge on any atom is -0.494 e. The van der Waals surface area contributed by atoms with Crippen molar-refractivity contribution in [3.63, 3.8) is 0 Å². The van der Waals surface area contributed by atoms with Gasteiger partial charge in [0.05, 0.1) is 13.2 Å². The predicted octanol–water partition coefficient (Wildman–Crippen LogP) is 4.05. The first kappa shape index (κ1) is 18.2. The van der Waals surface area contributed by atoms with E-state index in [4.69, 9.17) is 18.6 Å². The van der Waals surface area contributed by atoms with Crippen molar-refractivity contribution >= 4 is 16.9 Å². The Morgan fingerprint density at radius 3 is 2.79 bits per heavy atom. The Morgan fingerprint density at radius 2 is 2.00 bits per heavy atom. The second-order valence-corrected chi connectivity index (χ2v) is 6.83. The Balaban J connectivity index is 1.50. The number of rotatable bonds is 5. The Hall–Kier alpha value is -3.15. The third-order valence-electron chi connectivity index (χ3n) is 4.80. The molecule has 2 aromatic carbocycles. The van der Waals surface area contributed by atoms with Crippen molar-refractivity contribution in [1.29, 1.82) is 0 Å². The van der Waals surface area contributed by atoms with Crippen LogP contribution in [0.3, 0.4) is 0 Å². The molecule has 0 aliphatic carbocycles. The molecule has 0 fully saturated rings. The van der Waals surface area contributed by atoms with Gasteiger partial charge in [0.15, 0.2) is 23.4 Å². The molecule has 0 bridgehead atoms. The van der Waals surface area contributed by atoms with Crippen molar-refractivity contribution in [3.05, 3.63) is 53.8 Å². The highest BCUT2D eigenvalue weighted by Crippen LogP contribution is 2.32. The molecule has 1 aromatic heterocycles. The fourth-order valence-corrected chi connectivity index (χ4v) is 3.38. The van der Waals surface area contributed by atoms with E-state index in [0.717, 1.165) is 22.4 Å². The first-order valence-corrected chi connectivity index (χ1v) is 9.36. The van der Waals surface area contributed by atoms with Crippen molar-refractivity contribution in [1.82, 2.24) is 4.90 Å². The molecule has 1 aliphatic rings. The summed E-state index contributed by atoms with van der Waals surface area (Å²) in [5.74, 6) is 2.34. The largest absolute Gasteiger partial charge is 0.494 e. The molecule has 6 nitrogen and oxygen atoms in total. The minimum absolute atomic E-state index is 0.186. The van der Waals surface area contributed by atoms with Crippen LogP contribution in [0.1, 0.15) is 23.0 Å². The monoisotopic (exact) mass is 381 g/mol. The average Bonchev–Trinajstić information content (AvgIpc) is 3.04. The number of carbonyl (C=O) groups is 1. The van der Waals surface area contributed by atoms with Gasteiger partial charge in [-0.25, -0.2) is 0 Å². The SMILES string of the molecule is CCOc1ccc2oc(C(=O)N(C)C[C@@H]3COc4ccccc4O3)c(C)c2c1. The molecule has 2 heterocycles. The van der Waals surface area contributed by atoms with E-state index in [0.29, 0.717) is 36.9 Å². The molecule has 3 aromatic rings. The molecule has 1 atom stereocenters. The Kier molecular flexibility index (Phi) is 4.86. The highest BCUT2D eigenvalue weighted by atomic mass is 16.6. The van der Waals surface area contributed by atoms with Crippen molar-refractivity contribution in [3.8, 4) is 17.2 Å². The molecule has 146 valence electrons. The number of ether oxygens (including phenoxy) is 3. The van der Waals surface area contributed by atoms with Gasteiger partial charge in [0, 0.05) is 18.0 Å². The number of furan rings is 1. The summed E-state index contributed by atoms with van der Waals surface area (Å²) in [6.07, 6.45) is -0.238. The molecule has 0 spiro atoms. The molecule has 1 amide bonds. The summed E-state index contributed by atoms with van der Waals surface area (Å²) < 4.78 is 23.1. The minimum atomic E-state index is -0.238. The Labute approximate surface area is 163 Å². The summed E-state index contributed by atoms with van der Waals surface area (Å²) in [5.41, 5.74) is 1.48. The maximum Gasteiger partial charge on any atom is 0.289 e. The van der Waals surface area contributed by atoms with Gasteiger partial charge in [0.25, 0.3) is 5.91 Å². The number of aryl methyl sites for hydroxylation is 1. The van der Waals surface area contributed by atoms with Gasteiger partial charge >= 0.3 is 0 Å². The average molecular weight is 381 g/mol. The van der Waals surface area contributed by atoms with Gasteiger partial charge in [-0.2, -0.15) is 0 Å². The zero-order valence-electron chi connectivity index (χ0n) is 16.2. The molecular weight excluding hydrogens is 358 g/mol. The number of fused-ring (bicyclic) bond motifs is 2. The number of likely N-dealkylation sites (N-methyl/N-ethyl adjacent to an activating group) is 1. The zero-order chi connectivity index (χ0) is 19.7. The molecule has 0 radical (unpaired) electrons. The molecule has 0 N–H and O–H groups in total. The summed E-state index contributed by atoms with van der Waals surface area (Å²) >= 11 is 0. The van der Waals surface area contributed by atoms with E-state index in [1.807, 2.05) is 56.3 Å². The van der Waals surface area contributed by atoms with Gasteiger partial charge in [-0.1, -0.05) is 12.1 Å². The lowest BCUT2D eigenvalue weighted by Crippen LogP contribution is -2.41. The van der Waals surface area contributed by atoms with Crippen molar-refractivity contribution < 1.29 is 23.4 Å². The Morgan fingerprint density at radius 1 is 1.21 bits per heavy atom. The van der Waals surface area contributed by atoms with E-state index < -0.39 is 0 Å². The van der Waals surface area contributed by atoms with E-state index in [1.54, 1.807) is 11.9 Å². The molecule has 28 heavy (non-hydrogen) atoms. The van der Waals surface area contributed by atoms with Gasteiger partial charge < -0.3 is 23.5 Å². The number of hydrogen-bond donors (Lipinski definition) is 0. The zero-order valence-corrected chi connectivity index (χ0v) is 16.2. The van der Waals surface area contributed by atoms with Crippen LogP contribution in [0.4, 0.5) is 0 Å². The van der Waals surface area contributed by atoms with Crippen LogP contribution in [0.5, 0.6) is 17.2 Å². The summed E-state index contributed by atoms with van der Waals surface area (Å²) in [6.45, 7) is 5.20. The van der Waals surface area contributed by atoms with E-state index in [9.17, 15) is 4.79 Å². The predicted molar refractivity (Wildman–Crippen MR) is 105 cm³/mol. The van der Waals surface area contributed by atoms with Gasteiger partial charge in [-0.3, -0.25) is 4.79 Å². The molecular formula is C22H23NO5. The normalized spacial score (nSPS) is 15.5. The van der Waals surface area contributed by atoms with Crippen LogP contribution < -0.4 is 14.2 Å². The number of benzene rings is 2. The Bertz CT molecular complexity index is 1010. The van der Waals surface area contributed by atoms with Crippen LogP contribution in [0.2, 0.25) is 0 Å². The lowest BCUT2D eigenvalue weighted by atomic mass is 10.1. The molecule has 6 heteroatoms. The summed E-state index contributed by atoms with van der Waals surface area (Å²) in [4.78, 5) is 14.6. The second-order valence-electron chi connectivity index (χ2n) is 6.83. The van der Waals surface area contributed by atoms with Gasteiger partial charge in [0.1, 0.15) is 17.9 Å². The number of amides is 1. The highest BCUT2D eigenvalue weighted by Gasteiger charge is 2.27. The smallest absolute Gasteiger partial charge is 0.289 e. The molecule has 1 aliphatic heterocycles. The fraction of sp³-hybridized carbons (Fsp3) is 0.318. The van der Waals surface area contributed by atoms with E-state index in [1.165, 1.54) is 0 Å². The fourth-order valence-electron chi connectivity index (χ4n) is 3.38. The number of nitrogens with zero attached hydrogens (tertiary/aromatic N) is 1. The standard InChI is InChI=1S/C22H23NO5/c1-4-25-15-9-10-18-17(11-15)14(2)21(28-18)22(24)23(3)12-16-13-26-19-7-5-6-8-20(19)27-16/h5-11,16H,4,12-13H2,1-3H3/t16-/m1/s1. The third-order valence-corrected chi connectivity index (χ3v) is 4.80.